The van der Waals surface area contributed by atoms with E-state index in [1.54, 1.807) is 5.01 Å². The lowest BCUT2D eigenvalue weighted by Gasteiger charge is -2.09. The number of nitrogens with zero attached hydrogens (tertiary/aromatic N) is 1. The fourth-order valence-electron chi connectivity index (χ4n) is 0.994. The average Bonchev–Trinajstić information content (AvgIpc) is 2.24. The number of nitrogens with two attached hydrogens (primary N) is 1. The van der Waals surface area contributed by atoms with E-state index in [2.05, 4.69) is 0 Å². The summed E-state index contributed by atoms with van der Waals surface area (Å²) in [5.74, 6) is 6.29. The lowest BCUT2D eigenvalue weighted by atomic mass is 10.3. The molecule has 0 aliphatic rings. The van der Waals surface area contributed by atoms with E-state index >= 15 is 0 Å². The summed E-state index contributed by atoms with van der Waals surface area (Å²) in [6, 6.07) is 9.63. The summed E-state index contributed by atoms with van der Waals surface area (Å²) in [6.45, 7) is 1.50. The molecule has 1 aromatic rings. The smallest absolute Gasteiger partial charge is 0.215 e. The van der Waals surface area contributed by atoms with Crippen LogP contribution in [0.2, 0.25) is 0 Å². The van der Waals surface area contributed by atoms with Crippen molar-refractivity contribution in [3.63, 3.8) is 0 Å². The van der Waals surface area contributed by atoms with Gasteiger partial charge in [0.2, 0.25) is 9.03 Å². The number of para-hydroxylation sites is 1. The van der Waals surface area contributed by atoms with Gasteiger partial charge in [-0.25, -0.2) is 0 Å². The third-order valence-electron chi connectivity index (χ3n) is 1.72. The van der Waals surface area contributed by atoms with Crippen LogP contribution in [0.4, 0.5) is 0 Å². The molecule has 84 valence electrons. The topological polar surface area (TPSA) is 47.7 Å². The van der Waals surface area contributed by atoms with Crippen LogP contribution in [-0.2, 0) is 4.52 Å². The minimum atomic E-state index is 0.0537. The first-order valence-electron chi connectivity index (χ1n) is 4.83. The normalized spacial score (nSPS) is 11.4. The molecule has 0 bridgehead atoms. The zero-order chi connectivity index (χ0) is 10.9. The minimum Gasteiger partial charge on any atom is -0.450 e. The number of hydrazine groups is 1. The molecule has 0 radical (unpaired) electrons. The van der Waals surface area contributed by atoms with E-state index in [1.165, 1.54) is 0 Å². The molecule has 1 atom stereocenters. The molecule has 5 heteroatoms. The monoisotopic (exact) mass is 228 g/mol. The second-order valence-corrected chi connectivity index (χ2v) is 3.84. The third kappa shape index (κ3) is 6.42. The first-order valence-corrected chi connectivity index (χ1v) is 5.65. The van der Waals surface area contributed by atoms with Crippen molar-refractivity contribution in [2.75, 3.05) is 20.2 Å². The van der Waals surface area contributed by atoms with Crippen LogP contribution in [0.3, 0.4) is 0 Å². The molecular formula is C10H17N2O2P. The van der Waals surface area contributed by atoms with Crippen molar-refractivity contribution < 1.29 is 9.05 Å². The van der Waals surface area contributed by atoms with Gasteiger partial charge in [0.05, 0.1) is 6.61 Å². The molecule has 0 fully saturated rings. The number of benzene rings is 1. The summed E-state index contributed by atoms with van der Waals surface area (Å²) in [6.07, 6.45) is 0.915. The van der Waals surface area contributed by atoms with Gasteiger partial charge >= 0.3 is 0 Å². The van der Waals surface area contributed by atoms with Gasteiger partial charge in [-0.2, -0.15) is 0 Å². The summed E-state index contributed by atoms with van der Waals surface area (Å²) in [7, 11) is 1.89. The molecule has 1 rings (SSSR count). The first-order chi connectivity index (χ1) is 7.29. The predicted octanol–water partition coefficient (Wildman–Crippen LogP) is 1.79. The Kier molecular flexibility index (Phi) is 6.28. The van der Waals surface area contributed by atoms with Crippen LogP contribution in [-0.4, -0.2) is 25.2 Å². The molecule has 4 nitrogen and oxygen atoms in total. The van der Waals surface area contributed by atoms with Crippen molar-refractivity contribution in [3.8, 4) is 5.75 Å². The molecule has 2 N–H and O–H groups in total. The van der Waals surface area contributed by atoms with Crippen LogP contribution in [0.25, 0.3) is 0 Å². The Morgan fingerprint density at radius 3 is 2.73 bits per heavy atom. The Hall–Kier alpha value is -0.670. The van der Waals surface area contributed by atoms with Crippen molar-refractivity contribution in [3.05, 3.63) is 30.3 Å². The van der Waals surface area contributed by atoms with Crippen molar-refractivity contribution in [1.82, 2.24) is 5.01 Å². The molecular weight excluding hydrogens is 211 g/mol. The SMILES string of the molecule is CN(N)CCCOPOc1ccccc1. The highest BCUT2D eigenvalue weighted by molar-refractivity contribution is 7.26. The molecule has 1 unspecified atom stereocenters. The van der Waals surface area contributed by atoms with Gasteiger partial charge in [-0.05, 0) is 18.6 Å². The van der Waals surface area contributed by atoms with Crippen LogP contribution in [0.15, 0.2) is 30.3 Å². The van der Waals surface area contributed by atoms with E-state index in [4.69, 9.17) is 14.9 Å². The predicted molar refractivity (Wildman–Crippen MR) is 62.8 cm³/mol. The minimum absolute atomic E-state index is 0.0537. The van der Waals surface area contributed by atoms with Crippen molar-refractivity contribution in [2.45, 2.75) is 6.42 Å². The number of hydrogen-bond donors (Lipinski definition) is 1. The van der Waals surface area contributed by atoms with E-state index in [9.17, 15) is 0 Å². The van der Waals surface area contributed by atoms with E-state index in [1.807, 2.05) is 37.4 Å². The molecule has 0 aliphatic heterocycles. The second kappa shape index (κ2) is 7.60. The Labute approximate surface area is 92.3 Å². The quantitative estimate of drug-likeness (QED) is 0.334. The molecule has 0 aliphatic carbocycles. The highest BCUT2D eigenvalue weighted by atomic mass is 31.1. The molecule has 0 heterocycles. The Bertz CT molecular complexity index is 257. The van der Waals surface area contributed by atoms with Gasteiger partial charge in [0.25, 0.3) is 0 Å². The van der Waals surface area contributed by atoms with Crippen molar-refractivity contribution in [1.29, 1.82) is 0 Å². The van der Waals surface area contributed by atoms with Crippen molar-refractivity contribution >= 4 is 9.03 Å². The van der Waals surface area contributed by atoms with Crippen LogP contribution in [0, 0.1) is 0 Å². The zero-order valence-corrected chi connectivity index (χ0v) is 9.85. The van der Waals surface area contributed by atoms with Gasteiger partial charge in [0, 0.05) is 13.6 Å². The fraction of sp³-hybridized carbons (Fsp3) is 0.400. The maximum atomic E-state index is 5.45. The molecule has 0 aromatic heterocycles. The summed E-state index contributed by atoms with van der Waals surface area (Å²) >= 11 is 0. The van der Waals surface area contributed by atoms with Gasteiger partial charge in [-0.15, -0.1) is 0 Å². The summed E-state index contributed by atoms with van der Waals surface area (Å²) in [4.78, 5) is 0. The van der Waals surface area contributed by atoms with Gasteiger partial charge < -0.3 is 9.05 Å². The lowest BCUT2D eigenvalue weighted by Crippen LogP contribution is -2.27. The third-order valence-corrected chi connectivity index (χ3v) is 2.36. The molecule has 0 amide bonds. The van der Waals surface area contributed by atoms with Gasteiger partial charge in [0.15, 0.2) is 0 Å². The van der Waals surface area contributed by atoms with Crippen LogP contribution < -0.4 is 10.4 Å². The molecule has 0 spiro atoms. The maximum Gasteiger partial charge on any atom is 0.215 e. The average molecular weight is 228 g/mol. The largest absolute Gasteiger partial charge is 0.450 e. The van der Waals surface area contributed by atoms with Crippen LogP contribution in [0.1, 0.15) is 6.42 Å². The lowest BCUT2D eigenvalue weighted by molar-refractivity contribution is 0.274. The Balaban J connectivity index is 1.98. The molecule has 0 saturated heterocycles. The van der Waals surface area contributed by atoms with E-state index in [-0.39, 0.29) is 9.03 Å². The standard InChI is InChI=1S/C10H17N2O2P/c1-12(11)8-5-9-13-15-14-10-6-3-2-4-7-10/h2-4,6-7,15H,5,8-9,11H2,1H3. The summed E-state index contributed by atoms with van der Waals surface area (Å²) in [5.41, 5.74) is 0. The fourth-order valence-corrected chi connectivity index (χ4v) is 1.51. The summed E-state index contributed by atoms with van der Waals surface area (Å²) in [5, 5.41) is 1.64. The first kappa shape index (κ1) is 12.4. The van der Waals surface area contributed by atoms with Crippen molar-refractivity contribution in [2.24, 2.45) is 5.84 Å². The summed E-state index contributed by atoms with van der Waals surface area (Å²) < 4.78 is 10.7. The highest BCUT2D eigenvalue weighted by Gasteiger charge is 1.93. The van der Waals surface area contributed by atoms with Gasteiger partial charge in [-0.3, -0.25) is 10.9 Å². The zero-order valence-electron chi connectivity index (χ0n) is 8.85. The second-order valence-electron chi connectivity index (χ2n) is 3.18. The number of hydrogen-bond acceptors (Lipinski definition) is 4. The molecule has 1 aromatic carbocycles. The molecule has 0 saturated carbocycles. The number of rotatable bonds is 7. The highest BCUT2D eigenvalue weighted by Crippen LogP contribution is 2.20. The van der Waals surface area contributed by atoms with Crippen LogP contribution in [0.5, 0.6) is 5.75 Å². The van der Waals surface area contributed by atoms with E-state index < -0.39 is 0 Å². The molecule has 15 heavy (non-hydrogen) atoms. The van der Waals surface area contributed by atoms with Crippen LogP contribution >= 0.6 is 9.03 Å². The van der Waals surface area contributed by atoms with E-state index in [0.717, 1.165) is 18.7 Å². The van der Waals surface area contributed by atoms with Gasteiger partial charge in [0.1, 0.15) is 5.75 Å². The van der Waals surface area contributed by atoms with E-state index in [0.29, 0.717) is 6.61 Å². The maximum absolute atomic E-state index is 5.45. The van der Waals surface area contributed by atoms with Gasteiger partial charge in [-0.1, -0.05) is 18.2 Å². The Morgan fingerprint density at radius 1 is 1.33 bits per heavy atom. The Morgan fingerprint density at radius 2 is 2.07 bits per heavy atom.